The third-order valence-corrected chi connectivity index (χ3v) is 3.12. The average Bonchev–Trinajstić information content (AvgIpc) is 2.80. The van der Waals surface area contributed by atoms with Crippen LogP contribution in [-0.4, -0.2) is 17.5 Å². The van der Waals surface area contributed by atoms with Crippen molar-refractivity contribution in [3.8, 4) is 5.75 Å². The Bertz CT molecular complexity index is 569. The molecule has 100 valence electrons. The van der Waals surface area contributed by atoms with Crippen molar-refractivity contribution in [1.82, 2.24) is 10.3 Å². The van der Waals surface area contributed by atoms with Crippen LogP contribution < -0.4 is 15.8 Å². The van der Waals surface area contributed by atoms with E-state index in [9.17, 15) is 4.79 Å². The molecule has 1 aromatic carbocycles. The average molecular weight is 277 g/mol. The normalized spacial score (nSPS) is 10.2. The van der Waals surface area contributed by atoms with Crippen LogP contribution in [0.3, 0.4) is 0 Å². The molecule has 0 atom stereocenters. The first-order chi connectivity index (χ1) is 9.13. The fourth-order valence-electron chi connectivity index (χ4n) is 1.50. The van der Waals surface area contributed by atoms with Gasteiger partial charge in [0.25, 0.3) is 5.91 Å². The highest BCUT2D eigenvalue weighted by Crippen LogP contribution is 2.12. The molecule has 0 fully saturated rings. The number of rotatable bonds is 5. The maximum atomic E-state index is 11.6. The lowest BCUT2D eigenvalue weighted by Crippen LogP contribution is -2.28. The quantitative estimate of drug-likeness (QED) is 0.872. The number of carbonyl (C=O) groups excluding carboxylic acids is 1. The minimum absolute atomic E-state index is 0.0108. The molecule has 1 amide bonds. The number of thiazole rings is 1. The molecule has 6 heteroatoms. The van der Waals surface area contributed by atoms with Gasteiger partial charge in [-0.3, -0.25) is 4.79 Å². The second kappa shape index (κ2) is 6.19. The summed E-state index contributed by atoms with van der Waals surface area (Å²) in [6, 6.07) is 7.57. The van der Waals surface area contributed by atoms with Crippen molar-refractivity contribution in [3.63, 3.8) is 0 Å². The highest BCUT2D eigenvalue weighted by molar-refractivity contribution is 7.13. The van der Waals surface area contributed by atoms with Gasteiger partial charge in [-0.1, -0.05) is 12.1 Å². The number of carbonyl (C=O) groups is 1. The third kappa shape index (κ3) is 4.26. The molecular formula is C13H15N3O2S. The van der Waals surface area contributed by atoms with Gasteiger partial charge in [-0.2, -0.15) is 0 Å². The van der Waals surface area contributed by atoms with Gasteiger partial charge in [0.15, 0.2) is 11.7 Å². The molecule has 0 aliphatic carbocycles. The largest absolute Gasteiger partial charge is 0.484 e. The number of aromatic nitrogens is 1. The van der Waals surface area contributed by atoms with Gasteiger partial charge in [-0.05, 0) is 24.6 Å². The third-order valence-electron chi connectivity index (χ3n) is 2.40. The first-order valence-electron chi connectivity index (χ1n) is 5.79. The van der Waals surface area contributed by atoms with Crippen molar-refractivity contribution >= 4 is 22.4 Å². The van der Waals surface area contributed by atoms with Gasteiger partial charge in [-0.25, -0.2) is 4.98 Å². The summed E-state index contributed by atoms with van der Waals surface area (Å²) >= 11 is 1.35. The van der Waals surface area contributed by atoms with Gasteiger partial charge in [-0.15, -0.1) is 11.3 Å². The number of amides is 1. The van der Waals surface area contributed by atoms with E-state index in [0.717, 1.165) is 11.3 Å². The summed E-state index contributed by atoms with van der Waals surface area (Å²) in [6.07, 6.45) is 0. The molecule has 1 heterocycles. The molecule has 3 N–H and O–H groups in total. The Morgan fingerprint density at radius 1 is 1.53 bits per heavy atom. The molecule has 0 saturated carbocycles. The Balaban J connectivity index is 1.75. The second-order valence-corrected chi connectivity index (χ2v) is 4.95. The predicted octanol–water partition coefficient (Wildman–Crippen LogP) is 1.73. The highest BCUT2D eigenvalue weighted by atomic mass is 32.1. The van der Waals surface area contributed by atoms with Crippen molar-refractivity contribution < 1.29 is 9.53 Å². The van der Waals surface area contributed by atoms with E-state index in [4.69, 9.17) is 10.5 Å². The molecule has 2 rings (SSSR count). The number of ether oxygens (including phenoxy) is 1. The minimum atomic E-state index is -0.187. The molecule has 1 aromatic heterocycles. The van der Waals surface area contributed by atoms with Crippen molar-refractivity contribution in [2.45, 2.75) is 13.5 Å². The molecular weight excluding hydrogens is 262 g/mol. The summed E-state index contributed by atoms with van der Waals surface area (Å²) in [6.45, 7) is 2.33. The number of anilines is 1. The number of nitrogen functional groups attached to an aromatic ring is 1. The van der Waals surface area contributed by atoms with Crippen molar-refractivity contribution in [2.24, 2.45) is 0 Å². The lowest BCUT2D eigenvalue weighted by atomic mass is 10.2. The molecule has 0 aliphatic rings. The molecule has 5 nitrogen and oxygen atoms in total. The Kier molecular flexibility index (Phi) is 4.35. The minimum Gasteiger partial charge on any atom is -0.484 e. The first-order valence-corrected chi connectivity index (χ1v) is 6.67. The van der Waals surface area contributed by atoms with Gasteiger partial charge in [0.1, 0.15) is 5.75 Å². The van der Waals surface area contributed by atoms with Crippen LogP contribution in [0, 0.1) is 6.92 Å². The molecule has 0 aliphatic heterocycles. The van der Waals surface area contributed by atoms with Gasteiger partial charge in [0, 0.05) is 5.38 Å². The Morgan fingerprint density at radius 3 is 3.05 bits per heavy atom. The van der Waals surface area contributed by atoms with Gasteiger partial charge >= 0.3 is 0 Å². The Morgan fingerprint density at radius 2 is 2.37 bits per heavy atom. The molecule has 2 aromatic rings. The van der Waals surface area contributed by atoms with E-state index < -0.39 is 0 Å². The molecule has 0 saturated heterocycles. The number of nitrogens with two attached hydrogens (primary N) is 1. The zero-order chi connectivity index (χ0) is 13.7. The van der Waals surface area contributed by atoms with Crippen molar-refractivity contribution in [3.05, 3.63) is 40.9 Å². The molecule has 0 radical (unpaired) electrons. The van der Waals surface area contributed by atoms with E-state index >= 15 is 0 Å². The summed E-state index contributed by atoms with van der Waals surface area (Å²) in [5, 5.41) is 5.04. The number of hydrogen-bond donors (Lipinski definition) is 2. The van der Waals surface area contributed by atoms with Crippen LogP contribution in [0.5, 0.6) is 5.75 Å². The van der Waals surface area contributed by atoms with Gasteiger partial charge < -0.3 is 15.8 Å². The number of nitrogens with one attached hydrogen (secondary N) is 1. The predicted molar refractivity (Wildman–Crippen MR) is 75.0 cm³/mol. The Hall–Kier alpha value is -2.08. The van der Waals surface area contributed by atoms with Gasteiger partial charge in [0.2, 0.25) is 0 Å². The summed E-state index contributed by atoms with van der Waals surface area (Å²) in [4.78, 5) is 15.6. The smallest absolute Gasteiger partial charge is 0.258 e. The number of aryl methyl sites for hydroxylation is 1. The lowest BCUT2D eigenvalue weighted by molar-refractivity contribution is -0.123. The monoisotopic (exact) mass is 277 g/mol. The maximum absolute atomic E-state index is 11.6. The topological polar surface area (TPSA) is 77.2 Å². The zero-order valence-corrected chi connectivity index (χ0v) is 11.4. The maximum Gasteiger partial charge on any atom is 0.258 e. The summed E-state index contributed by atoms with van der Waals surface area (Å²) in [5.41, 5.74) is 7.35. The second-order valence-electron chi connectivity index (χ2n) is 4.06. The van der Waals surface area contributed by atoms with E-state index in [1.54, 1.807) is 0 Å². The van der Waals surface area contributed by atoms with Crippen LogP contribution in [0.4, 0.5) is 5.13 Å². The standard InChI is InChI=1S/C13H15N3O2S/c1-9-3-2-4-11(5-9)18-7-12(17)15-6-10-8-19-13(14)16-10/h2-5,8H,6-7H2,1H3,(H2,14,16)(H,15,17). The van der Waals surface area contributed by atoms with Crippen molar-refractivity contribution in [1.29, 1.82) is 0 Å². The van der Waals surface area contributed by atoms with E-state index in [1.807, 2.05) is 36.6 Å². The van der Waals surface area contributed by atoms with E-state index in [2.05, 4.69) is 10.3 Å². The fourth-order valence-corrected chi connectivity index (χ4v) is 2.06. The molecule has 0 spiro atoms. The van der Waals surface area contributed by atoms with Crippen LogP contribution in [-0.2, 0) is 11.3 Å². The van der Waals surface area contributed by atoms with E-state index in [0.29, 0.717) is 17.4 Å². The van der Waals surface area contributed by atoms with Crippen LogP contribution in [0.2, 0.25) is 0 Å². The van der Waals surface area contributed by atoms with Crippen LogP contribution >= 0.6 is 11.3 Å². The van der Waals surface area contributed by atoms with Gasteiger partial charge in [0.05, 0.1) is 12.2 Å². The molecule has 19 heavy (non-hydrogen) atoms. The van der Waals surface area contributed by atoms with E-state index in [1.165, 1.54) is 11.3 Å². The highest BCUT2D eigenvalue weighted by Gasteiger charge is 2.04. The van der Waals surface area contributed by atoms with Crippen molar-refractivity contribution in [2.75, 3.05) is 12.3 Å². The molecule has 0 bridgehead atoms. The molecule has 0 unspecified atom stereocenters. The Labute approximate surface area is 115 Å². The van der Waals surface area contributed by atoms with Crippen LogP contribution in [0.1, 0.15) is 11.3 Å². The summed E-state index contributed by atoms with van der Waals surface area (Å²) in [5.74, 6) is 0.501. The zero-order valence-electron chi connectivity index (χ0n) is 10.6. The van der Waals surface area contributed by atoms with Crippen LogP contribution in [0.25, 0.3) is 0 Å². The fraction of sp³-hybridized carbons (Fsp3) is 0.231. The first kappa shape index (κ1) is 13.4. The van der Waals surface area contributed by atoms with E-state index in [-0.39, 0.29) is 12.5 Å². The SMILES string of the molecule is Cc1cccc(OCC(=O)NCc2csc(N)n2)c1. The lowest BCUT2D eigenvalue weighted by Gasteiger charge is -2.07. The summed E-state index contributed by atoms with van der Waals surface area (Å²) in [7, 11) is 0. The summed E-state index contributed by atoms with van der Waals surface area (Å²) < 4.78 is 5.39. The number of nitrogens with zero attached hydrogens (tertiary/aromatic N) is 1. The number of benzene rings is 1. The number of hydrogen-bond acceptors (Lipinski definition) is 5. The van der Waals surface area contributed by atoms with Crippen LogP contribution in [0.15, 0.2) is 29.6 Å².